The van der Waals surface area contributed by atoms with Gasteiger partial charge in [-0.2, -0.15) is 22.0 Å². The highest BCUT2D eigenvalue weighted by atomic mass is 35.5. The number of aryl methyl sites for hydroxylation is 2. The molecular weight excluding hydrogens is 293 g/mol. The first-order chi connectivity index (χ1) is 8.46. The number of anilines is 1. The Morgan fingerprint density at radius 2 is 1.68 bits per heavy atom. The third-order valence-electron chi connectivity index (χ3n) is 2.31. The summed E-state index contributed by atoms with van der Waals surface area (Å²) in [5.41, 5.74) is 0.709. The van der Waals surface area contributed by atoms with Gasteiger partial charge in [0.1, 0.15) is 0 Å². The highest BCUT2D eigenvalue weighted by Gasteiger charge is 2.63. The summed E-state index contributed by atoms with van der Waals surface area (Å²) in [5, 5.41) is 1.40. The molecule has 1 N–H and O–H groups in total. The lowest BCUT2D eigenvalue weighted by molar-refractivity contribution is -0.267. The first-order valence-corrected chi connectivity index (χ1v) is 5.37. The molecule has 0 unspecified atom stereocenters. The van der Waals surface area contributed by atoms with E-state index in [1.807, 2.05) is 0 Å². The number of carbonyl (C=O) groups excluding carboxylic acids is 1. The molecule has 2 nitrogen and oxygen atoms in total. The number of benzene rings is 1. The van der Waals surface area contributed by atoms with Gasteiger partial charge in [0.05, 0.1) is 10.7 Å². The van der Waals surface area contributed by atoms with Crippen molar-refractivity contribution < 1.29 is 26.7 Å². The zero-order valence-corrected chi connectivity index (χ0v) is 10.6. The lowest BCUT2D eigenvalue weighted by Crippen LogP contribution is -2.47. The molecule has 0 bridgehead atoms. The molecule has 0 aliphatic carbocycles. The summed E-state index contributed by atoms with van der Waals surface area (Å²) in [6.07, 6.45) is -5.96. The molecule has 0 heterocycles. The minimum atomic E-state index is -5.96. The molecule has 8 heteroatoms. The number of alkyl halides is 5. The zero-order chi connectivity index (χ0) is 15.0. The molecule has 0 radical (unpaired) electrons. The molecule has 0 aliphatic heterocycles. The van der Waals surface area contributed by atoms with E-state index >= 15 is 0 Å². The van der Waals surface area contributed by atoms with Gasteiger partial charge in [0, 0.05) is 0 Å². The molecule has 0 saturated heterocycles. The van der Waals surface area contributed by atoms with Crippen LogP contribution in [0.3, 0.4) is 0 Å². The van der Waals surface area contributed by atoms with Crippen molar-refractivity contribution >= 4 is 23.2 Å². The molecule has 0 atom stereocenters. The van der Waals surface area contributed by atoms with Gasteiger partial charge < -0.3 is 5.32 Å². The predicted octanol–water partition coefficient (Wildman–Crippen LogP) is 4.09. The average molecular weight is 302 g/mol. The van der Waals surface area contributed by atoms with Crippen molar-refractivity contribution in [1.82, 2.24) is 0 Å². The second kappa shape index (κ2) is 4.96. The van der Waals surface area contributed by atoms with Gasteiger partial charge in [-0.25, -0.2) is 0 Å². The molecule has 1 aromatic rings. The van der Waals surface area contributed by atoms with E-state index < -0.39 is 18.0 Å². The number of rotatable bonds is 2. The van der Waals surface area contributed by atoms with Crippen LogP contribution in [0, 0.1) is 13.8 Å². The molecule has 1 amide bonds. The maximum absolute atomic E-state index is 12.8. The quantitative estimate of drug-likeness (QED) is 0.819. The molecule has 0 spiro atoms. The Hall–Kier alpha value is -1.37. The zero-order valence-electron chi connectivity index (χ0n) is 9.83. The van der Waals surface area contributed by atoms with Gasteiger partial charge in [-0.3, -0.25) is 4.79 Å². The maximum atomic E-state index is 12.8. The number of nitrogens with one attached hydrogen (secondary N) is 1. The molecular formula is C11H9ClF5NO. The number of carbonyl (C=O) groups is 1. The topological polar surface area (TPSA) is 29.1 Å². The number of hydrogen-bond acceptors (Lipinski definition) is 1. The summed E-state index contributed by atoms with van der Waals surface area (Å²) in [6.45, 7) is 3.09. The van der Waals surface area contributed by atoms with Crippen molar-refractivity contribution in [2.75, 3.05) is 5.32 Å². The Morgan fingerprint density at radius 3 is 2.11 bits per heavy atom. The van der Waals surface area contributed by atoms with Gasteiger partial charge in [-0.1, -0.05) is 17.7 Å². The maximum Gasteiger partial charge on any atom is 0.463 e. The number of amides is 1. The van der Waals surface area contributed by atoms with Gasteiger partial charge in [-0.15, -0.1) is 0 Å². The van der Waals surface area contributed by atoms with Crippen LogP contribution < -0.4 is 5.32 Å². The molecule has 19 heavy (non-hydrogen) atoms. The van der Waals surface area contributed by atoms with Crippen molar-refractivity contribution in [3.8, 4) is 0 Å². The molecule has 0 aliphatic rings. The van der Waals surface area contributed by atoms with Gasteiger partial charge in [-0.05, 0) is 31.0 Å². The van der Waals surface area contributed by atoms with Crippen molar-refractivity contribution in [1.29, 1.82) is 0 Å². The molecule has 0 saturated carbocycles. The van der Waals surface area contributed by atoms with Crippen molar-refractivity contribution in [3.05, 3.63) is 28.3 Å². The highest BCUT2D eigenvalue weighted by molar-refractivity contribution is 6.34. The van der Waals surface area contributed by atoms with Crippen LogP contribution in [0.2, 0.25) is 5.02 Å². The Balaban J connectivity index is 3.08. The van der Waals surface area contributed by atoms with Crippen molar-refractivity contribution in [3.63, 3.8) is 0 Å². The third kappa shape index (κ3) is 3.15. The molecule has 0 fully saturated rings. The van der Waals surface area contributed by atoms with Crippen LogP contribution in [0.15, 0.2) is 12.1 Å². The van der Waals surface area contributed by atoms with E-state index in [1.54, 1.807) is 6.92 Å². The first kappa shape index (κ1) is 15.7. The largest absolute Gasteiger partial charge is 0.463 e. The minimum Gasteiger partial charge on any atom is -0.319 e. The fraction of sp³-hybridized carbons (Fsp3) is 0.364. The van der Waals surface area contributed by atoms with E-state index in [1.165, 1.54) is 24.4 Å². The summed E-state index contributed by atoms with van der Waals surface area (Å²) < 4.78 is 61.6. The minimum absolute atomic E-state index is 0.108. The second-order valence-corrected chi connectivity index (χ2v) is 4.37. The number of hydrogen-bond donors (Lipinski definition) is 1. The van der Waals surface area contributed by atoms with E-state index in [-0.39, 0.29) is 16.3 Å². The van der Waals surface area contributed by atoms with Crippen LogP contribution in [0.25, 0.3) is 0 Å². The predicted molar refractivity (Wildman–Crippen MR) is 60.6 cm³/mol. The lowest BCUT2D eigenvalue weighted by atomic mass is 10.1. The van der Waals surface area contributed by atoms with Gasteiger partial charge >= 0.3 is 18.0 Å². The molecule has 106 valence electrons. The van der Waals surface area contributed by atoms with Crippen molar-refractivity contribution in [2.45, 2.75) is 25.9 Å². The van der Waals surface area contributed by atoms with Gasteiger partial charge in [0.25, 0.3) is 0 Å². The Labute approximate surface area is 110 Å². The SMILES string of the molecule is Cc1cc(C)c(NC(=O)C(F)(F)C(F)(F)F)c(Cl)c1. The van der Waals surface area contributed by atoms with Gasteiger partial charge in [0.2, 0.25) is 0 Å². The summed E-state index contributed by atoms with van der Waals surface area (Å²) >= 11 is 5.70. The molecule has 1 rings (SSSR count). The van der Waals surface area contributed by atoms with Crippen LogP contribution in [-0.2, 0) is 4.79 Å². The van der Waals surface area contributed by atoms with Crippen LogP contribution in [0.4, 0.5) is 27.6 Å². The molecule has 0 aromatic heterocycles. The normalized spacial score (nSPS) is 12.4. The highest BCUT2D eigenvalue weighted by Crippen LogP contribution is 2.37. The van der Waals surface area contributed by atoms with Crippen LogP contribution in [0.5, 0.6) is 0 Å². The van der Waals surface area contributed by atoms with E-state index in [4.69, 9.17) is 11.6 Å². The fourth-order valence-electron chi connectivity index (χ4n) is 1.39. The summed E-state index contributed by atoms with van der Waals surface area (Å²) in [6, 6.07) is 2.84. The Kier molecular flexibility index (Phi) is 4.09. The van der Waals surface area contributed by atoms with Crippen LogP contribution in [0.1, 0.15) is 11.1 Å². The van der Waals surface area contributed by atoms with Crippen LogP contribution in [-0.4, -0.2) is 18.0 Å². The van der Waals surface area contributed by atoms with E-state index in [2.05, 4.69) is 0 Å². The first-order valence-electron chi connectivity index (χ1n) is 4.99. The molecule has 1 aromatic carbocycles. The van der Waals surface area contributed by atoms with Crippen molar-refractivity contribution in [2.24, 2.45) is 0 Å². The average Bonchev–Trinajstić information content (AvgIpc) is 2.21. The van der Waals surface area contributed by atoms with Crippen LogP contribution >= 0.6 is 11.6 Å². The number of halogens is 6. The van der Waals surface area contributed by atoms with Gasteiger partial charge in [0.15, 0.2) is 0 Å². The fourth-order valence-corrected chi connectivity index (χ4v) is 1.76. The Morgan fingerprint density at radius 1 is 1.16 bits per heavy atom. The smallest absolute Gasteiger partial charge is 0.319 e. The second-order valence-electron chi connectivity index (χ2n) is 3.96. The van der Waals surface area contributed by atoms with E-state index in [0.29, 0.717) is 5.56 Å². The summed E-state index contributed by atoms with van der Waals surface area (Å²) in [4.78, 5) is 11.0. The monoisotopic (exact) mass is 301 g/mol. The summed E-state index contributed by atoms with van der Waals surface area (Å²) in [5.74, 6) is -7.94. The lowest BCUT2D eigenvalue weighted by Gasteiger charge is -2.20. The Bertz CT molecular complexity index is 489. The standard InChI is InChI=1S/C11H9ClF5NO/c1-5-3-6(2)8(7(12)4-5)18-9(19)10(13,14)11(15,16)17/h3-4H,1-2H3,(H,18,19). The summed E-state index contributed by atoms with van der Waals surface area (Å²) in [7, 11) is 0. The van der Waals surface area contributed by atoms with E-state index in [9.17, 15) is 26.7 Å². The van der Waals surface area contributed by atoms with E-state index in [0.717, 1.165) is 0 Å². The third-order valence-corrected chi connectivity index (χ3v) is 2.61.